The Labute approximate surface area is 119 Å². The molecule has 4 nitrogen and oxygen atoms in total. The maximum absolute atomic E-state index is 8.88. The lowest BCUT2D eigenvalue weighted by Gasteiger charge is -2.31. The van der Waals surface area contributed by atoms with Crippen LogP contribution in [0.1, 0.15) is 38.7 Å². The van der Waals surface area contributed by atoms with E-state index in [-0.39, 0.29) is 0 Å². The normalized spacial score (nSPS) is 30.9. The summed E-state index contributed by atoms with van der Waals surface area (Å²) in [5.41, 5.74) is 1.43. The number of hydrogen-bond donors (Lipinski definition) is 1. The van der Waals surface area contributed by atoms with E-state index in [9.17, 15) is 0 Å². The minimum Gasteiger partial charge on any atom is -0.490 e. The highest BCUT2D eigenvalue weighted by Gasteiger charge is 2.26. The molecular weight excluding hydrogens is 254 g/mol. The van der Waals surface area contributed by atoms with Gasteiger partial charge in [-0.05, 0) is 43.2 Å². The Kier molecular flexibility index (Phi) is 3.55. The van der Waals surface area contributed by atoms with Crippen LogP contribution >= 0.6 is 0 Å². The highest BCUT2D eigenvalue weighted by Crippen LogP contribution is 2.34. The van der Waals surface area contributed by atoms with Crippen LogP contribution in [0, 0.1) is 11.8 Å². The Morgan fingerprint density at radius 1 is 1.20 bits per heavy atom. The smallest absolute Gasteiger partial charge is 0.134 e. The maximum atomic E-state index is 8.88. The van der Waals surface area contributed by atoms with Crippen molar-refractivity contribution in [1.29, 1.82) is 0 Å². The van der Waals surface area contributed by atoms with Crippen molar-refractivity contribution in [1.82, 2.24) is 0 Å². The minimum absolute atomic E-state index is 0.291. The zero-order valence-corrected chi connectivity index (χ0v) is 12.0. The quantitative estimate of drug-likeness (QED) is 0.664. The number of rotatable bonds is 2. The second-order valence-corrected chi connectivity index (χ2v) is 6.15. The average molecular weight is 275 g/mol. The van der Waals surface area contributed by atoms with E-state index in [1.807, 2.05) is 18.2 Å². The van der Waals surface area contributed by atoms with Crippen molar-refractivity contribution in [2.75, 3.05) is 6.61 Å². The Morgan fingerprint density at radius 2 is 1.95 bits per heavy atom. The van der Waals surface area contributed by atoms with Crippen molar-refractivity contribution < 1.29 is 14.7 Å². The van der Waals surface area contributed by atoms with Crippen molar-refractivity contribution >= 4 is 5.71 Å². The number of ether oxygens (including phenoxy) is 2. The summed E-state index contributed by atoms with van der Waals surface area (Å²) in [6, 6.07) is 5.74. The predicted molar refractivity (Wildman–Crippen MR) is 76.9 cm³/mol. The number of hydrogen-bond acceptors (Lipinski definition) is 4. The average Bonchev–Trinajstić information content (AvgIpc) is 2.79. The molecule has 0 radical (unpaired) electrons. The van der Waals surface area contributed by atoms with Crippen LogP contribution in [0.25, 0.3) is 0 Å². The highest BCUT2D eigenvalue weighted by molar-refractivity contribution is 6.05. The van der Waals surface area contributed by atoms with Crippen LogP contribution in [0.5, 0.6) is 11.5 Å². The monoisotopic (exact) mass is 275 g/mol. The van der Waals surface area contributed by atoms with Gasteiger partial charge in [-0.2, -0.15) is 0 Å². The van der Waals surface area contributed by atoms with Crippen molar-refractivity contribution in [3.63, 3.8) is 0 Å². The first-order valence-electron chi connectivity index (χ1n) is 7.30. The molecule has 0 spiro atoms. The fourth-order valence-corrected chi connectivity index (χ4v) is 3.40. The first kappa shape index (κ1) is 13.3. The SMILES string of the molecule is CC1CC(C)CC(Oc2ccc3c(c2)OCC3=NO)C1. The summed E-state index contributed by atoms with van der Waals surface area (Å²) in [6.45, 7) is 4.91. The largest absolute Gasteiger partial charge is 0.490 e. The fourth-order valence-electron chi connectivity index (χ4n) is 3.40. The number of benzene rings is 1. The summed E-state index contributed by atoms with van der Waals surface area (Å²) in [6.07, 6.45) is 3.82. The van der Waals surface area contributed by atoms with Gasteiger partial charge < -0.3 is 14.7 Å². The van der Waals surface area contributed by atoms with E-state index in [0.717, 1.165) is 41.7 Å². The Balaban J connectivity index is 1.73. The van der Waals surface area contributed by atoms with E-state index >= 15 is 0 Å². The van der Waals surface area contributed by atoms with Gasteiger partial charge in [0.2, 0.25) is 0 Å². The van der Waals surface area contributed by atoms with Crippen LogP contribution in [0.3, 0.4) is 0 Å². The molecule has 0 aromatic heterocycles. The zero-order chi connectivity index (χ0) is 14.1. The third-order valence-corrected chi connectivity index (χ3v) is 4.19. The molecule has 2 aliphatic rings. The van der Waals surface area contributed by atoms with Crippen molar-refractivity contribution in [2.45, 2.75) is 39.2 Å². The van der Waals surface area contributed by atoms with Crippen LogP contribution in [-0.2, 0) is 0 Å². The van der Waals surface area contributed by atoms with Gasteiger partial charge in [0, 0.05) is 11.6 Å². The fraction of sp³-hybridized carbons (Fsp3) is 0.562. The molecule has 1 aliphatic carbocycles. The Morgan fingerprint density at radius 3 is 2.65 bits per heavy atom. The minimum atomic E-state index is 0.291. The standard InChI is InChI=1S/C16H21NO3/c1-10-5-11(2)7-13(6-10)20-12-3-4-14-15(17-18)9-19-16(14)8-12/h3-4,8,10-11,13,18H,5-7,9H2,1-2H3. The molecule has 1 aliphatic heterocycles. The topological polar surface area (TPSA) is 51.0 Å². The lowest BCUT2D eigenvalue weighted by molar-refractivity contribution is 0.101. The van der Waals surface area contributed by atoms with Gasteiger partial charge in [0.15, 0.2) is 0 Å². The summed E-state index contributed by atoms with van der Waals surface area (Å²) < 4.78 is 11.6. The Bertz CT molecular complexity index is 516. The first-order chi connectivity index (χ1) is 9.65. The second kappa shape index (κ2) is 5.35. The molecule has 0 saturated heterocycles. The number of fused-ring (bicyclic) bond motifs is 1. The first-order valence-corrected chi connectivity index (χ1v) is 7.30. The molecule has 1 aromatic rings. The molecule has 2 unspecified atom stereocenters. The van der Waals surface area contributed by atoms with Crippen molar-refractivity contribution in [3.05, 3.63) is 23.8 Å². The summed E-state index contributed by atoms with van der Waals surface area (Å²) >= 11 is 0. The molecule has 1 heterocycles. The van der Waals surface area contributed by atoms with E-state index in [2.05, 4.69) is 19.0 Å². The van der Waals surface area contributed by atoms with Crippen LogP contribution in [0.4, 0.5) is 0 Å². The van der Waals surface area contributed by atoms with Gasteiger partial charge in [0.1, 0.15) is 23.8 Å². The van der Waals surface area contributed by atoms with Gasteiger partial charge >= 0.3 is 0 Å². The van der Waals surface area contributed by atoms with E-state index in [1.165, 1.54) is 6.42 Å². The van der Waals surface area contributed by atoms with E-state index < -0.39 is 0 Å². The van der Waals surface area contributed by atoms with Gasteiger partial charge in [0.05, 0.1) is 6.10 Å². The van der Waals surface area contributed by atoms with Gasteiger partial charge in [-0.1, -0.05) is 19.0 Å². The lowest BCUT2D eigenvalue weighted by Crippen LogP contribution is -2.28. The van der Waals surface area contributed by atoms with E-state index in [1.54, 1.807) is 0 Å². The molecule has 0 amide bonds. The number of oxime groups is 1. The van der Waals surface area contributed by atoms with Crippen molar-refractivity contribution in [3.8, 4) is 11.5 Å². The predicted octanol–water partition coefficient (Wildman–Crippen LogP) is 3.46. The molecule has 1 fully saturated rings. The highest BCUT2D eigenvalue weighted by atomic mass is 16.5. The van der Waals surface area contributed by atoms with Gasteiger partial charge in [-0.15, -0.1) is 0 Å². The van der Waals surface area contributed by atoms with Crippen LogP contribution in [0.2, 0.25) is 0 Å². The van der Waals surface area contributed by atoms with E-state index in [0.29, 0.717) is 18.4 Å². The summed E-state index contributed by atoms with van der Waals surface area (Å²) in [4.78, 5) is 0. The number of nitrogens with zero attached hydrogens (tertiary/aromatic N) is 1. The molecule has 4 heteroatoms. The van der Waals surface area contributed by atoms with Crippen molar-refractivity contribution in [2.24, 2.45) is 17.0 Å². The van der Waals surface area contributed by atoms with Crippen LogP contribution in [-0.4, -0.2) is 23.6 Å². The van der Waals surface area contributed by atoms with Gasteiger partial charge in [0.25, 0.3) is 0 Å². The lowest BCUT2D eigenvalue weighted by atomic mass is 9.82. The summed E-state index contributed by atoms with van der Waals surface area (Å²) in [5.74, 6) is 3.03. The molecule has 2 atom stereocenters. The second-order valence-electron chi connectivity index (χ2n) is 6.15. The molecular formula is C16H21NO3. The van der Waals surface area contributed by atoms with Crippen LogP contribution in [0.15, 0.2) is 23.4 Å². The molecule has 20 heavy (non-hydrogen) atoms. The van der Waals surface area contributed by atoms with Gasteiger partial charge in [-0.3, -0.25) is 0 Å². The molecule has 0 bridgehead atoms. The van der Waals surface area contributed by atoms with Crippen LogP contribution < -0.4 is 9.47 Å². The summed E-state index contributed by atoms with van der Waals surface area (Å²) in [5, 5.41) is 12.1. The van der Waals surface area contributed by atoms with E-state index in [4.69, 9.17) is 14.7 Å². The molecule has 1 saturated carbocycles. The third-order valence-electron chi connectivity index (χ3n) is 4.19. The molecule has 1 aromatic carbocycles. The Hall–Kier alpha value is -1.71. The molecule has 1 N–H and O–H groups in total. The molecule has 108 valence electrons. The molecule has 3 rings (SSSR count). The van der Waals surface area contributed by atoms with Gasteiger partial charge in [-0.25, -0.2) is 0 Å². The maximum Gasteiger partial charge on any atom is 0.134 e. The third kappa shape index (κ3) is 2.60. The zero-order valence-electron chi connectivity index (χ0n) is 12.0. The summed E-state index contributed by atoms with van der Waals surface area (Å²) in [7, 11) is 0.